The standard InChI is InChI=1S/C22H17N5O3/c28-19(11-20(29)22-24-14-25-26-22)16-10-18(21(30)15-6-2-1-3-7-15)27(12-16)13-17-8-4-5-9-23-17/h1-12,14,28H,13H2,(H,24,25,26). The van der Waals surface area contributed by atoms with Gasteiger partial charge < -0.3 is 9.67 Å². The zero-order valence-corrected chi connectivity index (χ0v) is 15.8. The topological polar surface area (TPSA) is 114 Å². The number of benzene rings is 1. The molecule has 0 radical (unpaired) electrons. The summed E-state index contributed by atoms with van der Waals surface area (Å²) in [6, 6.07) is 15.9. The number of carbonyl (C=O) groups excluding carboxylic acids is 2. The largest absolute Gasteiger partial charge is 0.507 e. The summed E-state index contributed by atoms with van der Waals surface area (Å²) in [4.78, 5) is 33.3. The van der Waals surface area contributed by atoms with Gasteiger partial charge in [-0.15, -0.1) is 0 Å². The summed E-state index contributed by atoms with van der Waals surface area (Å²) < 4.78 is 1.70. The van der Waals surface area contributed by atoms with Crippen molar-refractivity contribution in [3.05, 3.63) is 108 Å². The zero-order valence-electron chi connectivity index (χ0n) is 15.8. The average molecular weight is 399 g/mol. The van der Waals surface area contributed by atoms with E-state index in [0.29, 0.717) is 23.4 Å². The van der Waals surface area contributed by atoms with Crippen LogP contribution in [0.4, 0.5) is 0 Å². The lowest BCUT2D eigenvalue weighted by Gasteiger charge is -2.08. The van der Waals surface area contributed by atoms with Crippen LogP contribution in [-0.4, -0.2) is 41.4 Å². The minimum absolute atomic E-state index is 0.00931. The Balaban J connectivity index is 1.71. The highest BCUT2D eigenvalue weighted by Crippen LogP contribution is 2.20. The molecule has 0 aliphatic heterocycles. The number of nitrogens with zero attached hydrogens (tertiary/aromatic N) is 4. The SMILES string of the molecule is O=C(C=C(O)c1cc(C(=O)c2ccccc2)n(Cc2ccccn2)c1)c1ncn[nH]1. The third-order valence-corrected chi connectivity index (χ3v) is 4.44. The highest BCUT2D eigenvalue weighted by Gasteiger charge is 2.18. The number of rotatable bonds is 7. The van der Waals surface area contributed by atoms with Crippen LogP contribution in [0.5, 0.6) is 0 Å². The summed E-state index contributed by atoms with van der Waals surface area (Å²) in [7, 11) is 0. The Morgan fingerprint density at radius 1 is 1.03 bits per heavy atom. The molecule has 3 heterocycles. The van der Waals surface area contributed by atoms with E-state index in [9.17, 15) is 14.7 Å². The van der Waals surface area contributed by atoms with Crippen molar-refractivity contribution < 1.29 is 14.7 Å². The van der Waals surface area contributed by atoms with E-state index in [1.54, 1.807) is 47.3 Å². The first kappa shape index (κ1) is 19.0. The van der Waals surface area contributed by atoms with Gasteiger partial charge in [0.2, 0.25) is 11.6 Å². The van der Waals surface area contributed by atoms with Gasteiger partial charge in [-0.25, -0.2) is 4.98 Å². The van der Waals surface area contributed by atoms with Crippen LogP contribution in [0.3, 0.4) is 0 Å². The van der Waals surface area contributed by atoms with E-state index in [2.05, 4.69) is 20.2 Å². The van der Waals surface area contributed by atoms with Crippen molar-refractivity contribution >= 4 is 17.3 Å². The maximum atomic E-state index is 13.1. The van der Waals surface area contributed by atoms with E-state index in [0.717, 1.165) is 11.8 Å². The molecule has 8 heteroatoms. The molecule has 0 aliphatic rings. The van der Waals surface area contributed by atoms with Crippen molar-refractivity contribution in [1.82, 2.24) is 24.7 Å². The molecule has 30 heavy (non-hydrogen) atoms. The molecule has 0 unspecified atom stereocenters. The molecule has 4 rings (SSSR count). The van der Waals surface area contributed by atoms with Crippen molar-refractivity contribution in [3.63, 3.8) is 0 Å². The van der Waals surface area contributed by atoms with E-state index >= 15 is 0 Å². The average Bonchev–Trinajstić information content (AvgIpc) is 3.45. The van der Waals surface area contributed by atoms with Crippen LogP contribution in [0, 0.1) is 0 Å². The fraction of sp³-hybridized carbons (Fsp3) is 0.0455. The molecule has 0 amide bonds. The van der Waals surface area contributed by atoms with Gasteiger partial charge in [-0.3, -0.25) is 19.7 Å². The van der Waals surface area contributed by atoms with Gasteiger partial charge in [0.25, 0.3) is 0 Å². The van der Waals surface area contributed by atoms with E-state index in [1.807, 2.05) is 24.3 Å². The second-order valence-electron chi connectivity index (χ2n) is 6.49. The van der Waals surface area contributed by atoms with Crippen LogP contribution in [0.1, 0.15) is 37.9 Å². The number of allylic oxidation sites excluding steroid dienone is 1. The van der Waals surface area contributed by atoms with Gasteiger partial charge in [-0.1, -0.05) is 36.4 Å². The Morgan fingerprint density at radius 2 is 1.83 bits per heavy atom. The molecule has 0 saturated carbocycles. The Hall–Kier alpha value is -4.33. The number of aliphatic hydroxyl groups is 1. The molecule has 2 N–H and O–H groups in total. The Morgan fingerprint density at radius 3 is 2.53 bits per heavy atom. The van der Waals surface area contributed by atoms with Gasteiger partial charge in [0.1, 0.15) is 12.1 Å². The van der Waals surface area contributed by atoms with Crippen LogP contribution in [-0.2, 0) is 6.54 Å². The fourth-order valence-corrected chi connectivity index (χ4v) is 2.98. The van der Waals surface area contributed by atoms with Gasteiger partial charge in [0, 0.05) is 29.6 Å². The third-order valence-electron chi connectivity index (χ3n) is 4.44. The zero-order chi connectivity index (χ0) is 20.9. The minimum Gasteiger partial charge on any atom is -0.507 e. The maximum Gasteiger partial charge on any atom is 0.226 e. The van der Waals surface area contributed by atoms with E-state index in [-0.39, 0.29) is 17.4 Å². The molecule has 0 saturated heterocycles. The van der Waals surface area contributed by atoms with Gasteiger partial charge in [-0.2, -0.15) is 5.10 Å². The second-order valence-corrected chi connectivity index (χ2v) is 6.49. The molecule has 148 valence electrons. The van der Waals surface area contributed by atoms with E-state index in [1.165, 1.54) is 6.33 Å². The van der Waals surface area contributed by atoms with Gasteiger partial charge >= 0.3 is 0 Å². The Kier molecular flexibility index (Phi) is 5.29. The minimum atomic E-state index is -0.529. The number of pyridine rings is 1. The van der Waals surface area contributed by atoms with Crippen molar-refractivity contribution in [3.8, 4) is 0 Å². The van der Waals surface area contributed by atoms with Crippen molar-refractivity contribution in [2.45, 2.75) is 6.54 Å². The first-order valence-electron chi connectivity index (χ1n) is 9.12. The Labute approximate surface area is 171 Å². The molecule has 0 bridgehead atoms. The number of aliphatic hydroxyl groups excluding tert-OH is 1. The van der Waals surface area contributed by atoms with E-state index in [4.69, 9.17) is 0 Å². The first-order chi connectivity index (χ1) is 14.6. The van der Waals surface area contributed by atoms with Crippen molar-refractivity contribution in [2.24, 2.45) is 0 Å². The Bertz CT molecular complexity index is 1200. The van der Waals surface area contributed by atoms with Gasteiger partial charge in [-0.05, 0) is 18.2 Å². The van der Waals surface area contributed by atoms with Gasteiger partial charge in [0.15, 0.2) is 5.82 Å². The first-order valence-corrected chi connectivity index (χ1v) is 9.12. The lowest BCUT2D eigenvalue weighted by molar-refractivity contribution is 0.102. The van der Waals surface area contributed by atoms with Crippen LogP contribution in [0.2, 0.25) is 0 Å². The van der Waals surface area contributed by atoms with Crippen LogP contribution in [0.15, 0.2) is 79.4 Å². The predicted molar refractivity (Wildman–Crippen MR) is 109 cm³/mol. The van der Waals surface area contributed by atoms with Gasteiger partial charge in [0.05, 0.1) is 17.9 Å². The predicted octanol–water partition coefficient (Wildman–Crippen LogP) is 3.06. The monoisotopic (exact) mass is 399 g/mol. The van der Waals surface area contributed by atoms with Crippen molar-refractivity contribution in [2.75, 3.05) is 0 Å². The molecule has 8 nitrogen and oxygen atoms in total. The number of nitrogens with one attached hydrogen (secondary N) is 1. The number of ketones is 2. The van der Waals surface area contributed by atoms with Crippen LogP contribution in [0.25, 0.3) is 5.76 Å². The number of aromatic amines is 1. The van der Waals surface area contributed by atoms with Crippen molar-refractivity contribution in [1.29, 1.82) is 0 Å². The number of hydrogen-bond donors (Lipinski definition) is 2. The maximum absolute atomic E-state index is 13.1. The number of H-pyrrole nitrogens is 1. The molecule has 0 spiro atoms. The summed E-state index contributed by atoms with van der Waals surface area (Å²) in [5, 5.41) is 16.6. The molecular weight excluding hydrogens is 382 g/mol. The normalized spacial score (nSPS) is 11.4. The molecule has 4 aromatic rings. The fourth-order valence-electron chi connectivity index (χ4n) is 2.98. The highest BCUT2D eigenvalue weighted by molar-refractivity contribution is 6.09. The molecule has 0 atom stereocenters. The molecule has 0 fully saturated rings. The van der Waals surface area contributed by atoms with Crippen LogP contribution >= 0.6 is 0 Å². The quantitative estimate of drug-likeness (QED) is 0.280. The molecule has 3 aromatic heterocycles. The molecular formula is C22H17N5O3. The summed E-state index contributed by atoms with van der Waals surface area (Å²) in [5.74, 6) is -1.00. The smallest absolute Gasteiger partial charge is 0.226 e. The second kappa shape index (κ2) is 8.36. The number of hydrogen-bond acceptors (Lipinski definition) is 6. The highest BCUT2D eigenvalue weighted by atomic mass is 16.3. The summed E-state index contributed by atoms with van der Waals surface area (Å²) in [5.41, 5.74) is 1.97. The summed E-state index contributed by atoms with van der Waals surface area (Å²) in [6.45, 7) is 0.331. The van der Waals surface area contributed by atoms with Crippen LogP contribution < -0.4 is 0 Å². The summed E-state index contributed by atoms with van der Waals surface area (Å²) >= 11 is 0. The lowest BCUT2D eigenvalue weighted by Crippen LogP contribution is -2.11. The number of carbonyl (C=O) groups is 2. The lowest BCUT2D eigenvalue weighted by atomic mass is 10.1. The third kappa shape index (κ3) is 4.07. The molecule has 1 aromatic carbocycles. The van der Waals surface area contributed by atoms with E-state index < -0.39 is 5.78 Å². The summed E-state index contributed by atoms with van der Waals surface area (Å²) in [6.07, 6.45) is 5.53. The molecule has 0 aliphatic carbocycles. The number of aromatic nitrogens is 5.